The molecule has 1 fully saturated rings. The molecule has 1 N–H and O–H groups in total. The van der Waals surface area contributed by atoms with Crippen molar-refractivity contribution < 1.29 is 5.11 Å². The van der Waals surface area contributed by atoms with Crippen LogP contribution in [0.25, 0.3) is 0 Å². The molecule has 0 aromatic carbocycles. The quantitative estimate of drug-likeness (QED) is 0.720. The number of nitrogens with zero attached hydrogens (tertiary/aromatic N) is 1. The average Bonchev–Trinajstić information content (AvgIpc) is 2.57. The van der Waals surface area contributed by atoms with Crippen LogP contribution >= 0.6 is 0 Å². The zero-order chi connectivity index (χ0) is 12.7. The van der Waals surface area contributed by atoms with Gasteiger partial charge in [0.1, 0.15) is 0 Å². The van der Waals surface area contributed by atoms with Gasteiger partial charge in [-0.25, -0.2) is 0 Å². The molecule has 0 bridgehead atoms. The van der Waals surface area contributed by atoms with Crippen LogP contribution in [0.3, 0.4) is 0 Å². The van der Waals surface area contributed by atoms with E-state index in [1.165, 1.54) is 51.4 Å². The number of aliphatic hydroxyl groups is 1. The van der Waals surface area contributed by atoms with Crippen LogP contribution in [0.15, 0.2) is 0 Å². The summed E-state index contributed by atoms with van der Waals surface area (Å²) in [5.41, 5.74) is 0.188. The van der Waals surface area contributed by atoms with E-state index in [-0.39, 0.29) is 5.41 Å². The molecule has 1 saturated carbocycles. The number of aliphatic hydroxyl groups excluding tert-OH is 1. The maximum Gasteiger partial charge on any atom is 0.0499 e. The first-order chi connectivity index (χ1) is 8.17. The third-order valence-corrected chi connectivity index (χ3v) is 4.65. The van der Waals surface area contributed by atoms with E-state index in [9.17, 15) is 5.11 Å². The molecule has 0 spiro atoms. The Morgan fingerprint density at radius 2 is 1.59 bits per heavy atom. The van der Waals surface area contributed by atoms with Gasteiger partial charge >= 0.3 is 0 Å². The van der Waals surface area contributed by atoms with Crippen LogP contribution in [0.1, 0.15) is 65.2 Å². The summed E-state index contributed by atoms with van der Waals surface area (Å²) in [7, 11) is 2.24. The Labute approximate surface area is 107 Å². The third-order valence-electron chi connectivity index (χ3n) is 4.65. The zero-order valence-corrected chi connectivity index (χ0v) is 12.0. The van der Waals surface area contributed by atoms with Crippen molar-refractivity contribution in [3.63, 3.8) is 0 Å². The molecule has 0 atom stereocenters. The summed E-state index contributed by atoms with van der Waals surface area (Å²) in [4.78, 5) is 2.49. The molecular weight excluding hydrogens is 210 g/mol. The molecule has 0 unspecified atom stereocenters. The van der Waals surface area contributed by atoms with Crippen LogP contribution in [-0.2, 0) is 0 Å². The summed E-state index contributed by atoms with van der Waals surface area (Å²) in [5.74, 6) is 0. The van der Waals surface area contributed by atoms with Gasteiger partial charge in [-0.05, 0) is 32.7 Å². The molecule has 0 aromatic rings. The van der Waals surface area contributed by atoms with Gasteiger partial charge in [0.25, 0.3) is 0 Å². The minimum atomic E-state index is 0.188. The fourth-order valence-corrected chi connectivity index (χ4v) is 3.41. The molecule has 0 saturated heterocycles. The lowest BCUT2D eigenvalue weighted by Gasteiger charge is -2.38. The fraction of sp³-hybridized carbons (Fsp3) is 1.00. The van der Waals surface area contributed by atoms with Crippen molar-refractivity contribution in [1.29, 1.82) is 0 Å². The normalized spacial score (nSPS) is 20.8. The molecule has 1 aliphatic carbocycles. The molecule has 2 heteroatoms. The minimum Gasteiger partial charge on any atom is -0.396 e. The Hall–Kier alpha value is -0.0800. The monoisotopic (exact) mass is 241 g/mol. The van der Waals surface area contributed by atoms with E-state index in [2.05, 4.69) is 25.8 Å². The van der Waals surface area contributed by atoms with Crippen LogP contribution in [0.4, 0.5) is 0 Å². The molecular formula is C15H31NO. The molecule has 0 aromatic heterocycles. The van der Waals surface area contributed by atoms with Crippen molar-refractivity contribution >= 4 is 0 Å². The Morgan fingerprint density at radius 3 is 2.00 bits per heavy atom. The highest BCUT2D eigenvalue weighted by atomic mass is 16.3. The smallest absolute Gasteiger partial charge is 0.0499 e. The molecule has 1 rings (SSSR count). The maximum atomic E-state index is 9.82. The maximum absolute atomic E-state index is 9.82. The summed E-state index contributed by atoms with van der Waals surface area (Å²) in [6.07, 6.45) is 10.2. The predicted octanol–water partition coefficient (Wildman–Crippen LogP) is 3.44. The number of hydrogen-bond acceptors (Lipinski definition) is 2. The lowest BCUT2D eigenvalue weighted by atomic mass is 9.80. The van der Waals surface area contributed by atoms with E-state index in [4.69, 9.17) is 0 Å². The molecule has 0 aliphatic heterocycles. The third kappa shape index (κ3) is 4.26. The second kappa shape index (κ2) is 7.38. The van der Waals surface area contributed by atoms with Gasteiger partial charge in [0.2, 0.25) is 0 Å². The van der Waals surface area contributed by atoms with Gasteiger partial charge in [0.05, 0.1) is 0 Å². The molecule has 102 valence electrons. The fourth-order valence-electron chi connectivity index (χ4n) is 3.41. The topological polar surface area (TPSA) is 23.5 Å². The Morgan fingerprint density at radius 1 is 1.06 bits per heavy atom. The summed E-state index contributed by atoms with van der Waals surface area (Å²) in [5, 5.41) is 9.82. The van der Waals surface area contributed by atoms with Crippen LogP contribution < -0.4 is 0 Å². The Kier molecular flexibility index (Phi) is 6.50. The second-order valence-corrected chi connectivity index (χ2v) is 5.96. The summed E-state index contributed by atoms with van der Waals surface area (Å²) in [6, 6.07) is 0.682. The molecule has 0 amide bonds. The largest absolute Gasteiger partial charge is 0.396 e. The summed E-state index contributed by atoms with van der Waals surface area (Å²) in [6.45, 7) is 5.99. The Bertz CT molecular complexity index is 193. The van der Waals surface area contributed by atoms with Crippen LogP contribution in [0.2, 0.25) is 0 Å². The van der Waals surface area contributed by atoms with Crippen molar-refractivity contribution in [2.75, 3.05) is 20.2 Å². The van der Waals surface area contributed by atoms with E-state index >= 15 is 0 Å². The second-order valence-electron chi connectivity index (χ2n) is 5.96. The van der Waals surface area contributed by atoms with Gasteiger partial charge in [0, 0.05) is 24.6 Å². The van der Waals surface area contributed by atoms with Crippen LogP contribution in [0.5, 0.6) is 0 Å². The molecule has 0 radical (unpaired) electrons. The average molecular weight is 241 g/mol. The molecule has 17 heavy (non-hydrogen) atoms. The first-order valence-electron chi connectivity index (χ1n) is 7.48. The van der Waals surface area contributed by atoms with Gasteiger partial charge in [0.15, 0.2) is 0 Å². The SMILES string of the molecule is CCC(CC)N(C)CC1(CO)CCCCCC1. The number of hydrogen-bond donors (Lipinski definition) is 1. The molecule has 0 heterocycles. The Balaban J connectivity index is 2.59. The summed E-state index contributed by atoms with van der Waals surface area (Å²) >= 11 is 0. The van der Waals surface area contributed by atoms with E-state index in [0.29, 0.717) is 12.6 Å². The highest BCUT2D eigenvalue weighted by molar-refractivity contribution is 4.85. The van der Waals surface area contributed by atoms with E-state index in [1.54, 1.807) is 0 Å². The van der Waals surface area contributed by atoms with Gasteiger partial charge in [-0.2, -0.15) is 0 Å². The van der Waals surface area contributed by atoms with E-state index < -0.39 is 0 Å². The lowest BCUT2D eigenvalue weighted by Crippen LogP contribution is -2.42. The van der Waals surface area contributed by atoms with Gasteiger partial charge < -0.3 is 10.0 Å². The van der Waals surface area contributed by atoms with Crippen LogP contribution in [0, 0.1) is 5.41 Å². The summed E-state index contributed by atoms with van der Waals surface area (Å²) < 4.78 is 0. The first-order valence-corrected chi connectivity index (χ1v) is 7.48. The van der Waals surface area contributed by atoms with Gasteiger partial charge in [-0.15, -0.1) is 0 Å². The first kappa shape index (κ1) is 15.0. The van der Waals surface area contributed by atoms with Crippen molar-refractivity contribution in [3.8, 4) is 0 Å². The van der Waals surface area contributed by atoms with E-state index in [0.717, 1.165) is 6.54 Å². The van der Waals surface area contributed by atoms with Crippen molar-refractivity contribution in [2.24, 2.45) is 5.41 Å². The highest BCUT2D eigenvalue weighted by Crippen LogP contribution is 2.35. The predicted molar refractivity (Wildman–Crippen MR) is 74.2 cm³/mol. The van der Waals surface area contributed by atoms with E-state index in [1.807, 2.05) is 0 Å². The minimum absolute atomic E-state index is 0.188. The molecule has 1 aliphatic rings. The lowest BCUT2D eigenvalue weighted by molar-refractivity contribution is 0.0518. The van der Waals surface area contributed by atoms with Crippen molar-refractivity contribution in [2.45, 2.75) is 71.3 Å². The van der Waals surface area contributed by atoms with Gasteiger partial charge in [-0.3, -0.25) is 0 Å². The van der Waals surface area contributed by atoms with Gasteiger partial charge in [-0.1, -0.05) is 39.5 Å². The number of rotatable bonds is 6. The highest BCUT2D eigenvalue weighted by Gasteiger charge is 2.32. The van der Waals surface area contributed by atoms with Crippen molar-refractivity contribution in [1.82, 2.24) is 4.90 Å². The zero-order valence-electron chi connectivity index (χ0n) is 12.0. The molecule has 2 nitrogen and oxygen atoms in total. The van der Waals surface area contributed by atoms with Crippen LogP contribution in [-0.4, -0.2) is 36.2 Å². The van der Waals surface area contributed by atoms with Crippen molar-refractivity contribution in [3.05, 3.63) is 0 Å². The standard InChI is InChI=1S/C15H31NO/c1-4-14(5-2)16(3)12-15(13-17)10-8-6-7-9-11-15/h14,17H,4-13H2,1-3H3.